The van der Waals surface area contributed by atoms with Crippen LogP contribution in [-0.4, -0.2) is 32.5 Å². The van der Waals surface area contributed by atoms with Gasteiger partial charge >= 0.3 is 0 Å². The average Bonchev–Trinajstić information content (AvgIpc) is 2.19. The van der Waals surface area contributed by atoms with E-state index in [0.29, 0.717) is 18.4 Å². The van der Waals surface area contributed by atoms with E-state index in [4.69, 9.17) is 15.2 Å². The van der Waals surface area contributed by atoms with Gasteiger partial charge in [0.25, 0.3) is 0 Å². The van der Waals surface area contributed by atoms with E-state index in [1.807, 2.05) is 0 Å². The molecule has 2 N–H and O–H groups in total. The molecular weight excluding hydrogens is 178 g/mol. The zero-order chi connectivity index (χ0) is 10.4. The van der Waals surface area contributed by atoms with Gasteiger partial charge in [-0.15, -0.1) is 0 Å². The van der Waals surface area contributed by atoms with Gasteiger partial charge < -0.3 is 15.2 Å². The van der Waals surface area contributed by atoms with Crippen LogP contribution in [-0.2, 0) is 9.47 Å². The molecule has 0 aromatic rings. The predicted octanol–water partition coefficient (Wildman–Crippen LogP) is 1.41. The fourth-order valence-electron chi connectivity index (χ4n) is 1.48. The predicted molar refractivity (Wildman–Crippen MR) is 57.2 cm³/mol. The molecule has 0 aromatic heterocycles. The van der Waals surface area contributed by atoms with Crippen molar-refractivity contribution in [2.45, 2.75) is 32.7 Å². The lowest BCUT2D eigenvalue weighted by molar-refractivity contribution is 0.0150. The lowest BCUT2D eigenvalue weighted by Crippen LogP contribution is -2.33. The molecule has 3 heteroatoms. The van der Waals surface area contributed by atoms with Crippen LogP contribution >= 0.6 is 0 Å². The highest BCUT2D eigenvalue weighted by Crippen LogP contribution is 2.14. The van der Waals surface area contributed by atoms with Crippen LogP contribution in [0.1, 0.15) is 26.7 Å². The van der Waals surface area contributed by atoms with E-state index in [1.54, 1.807) is 0 Å². The summed E-state index contributed by atoms with van der Waals surface area (Å²) in [5.41, 5.74) is 5.88. The lowest BCUT2D eigenvalue weighted by atomic mass is 10.0. The molecule has 1 saturated heterocycles. The molecule has 0 radical (unpaired) electrons. The number of hydrogen-bond acceptors (Lipinski definition) is 3. The number of ether oxygens (including phenoxy) is 2. The molecule has 1 atom stereocenters. The van der Waals surface area contributed by atoms with Gasteiger partial charge in [0.1, 0.15) is 0 Å². The maximum atomic E-state index is 5.88. The van der Waals surface area contributed by atoms with Gasteiger partial charge in [-0.05, 0) is 24.7 Å². The second-order valence-electron chi connectivity index (χ2n) is 4.50. The van der Waals surface area contributed by atoms with Crippen LogP contribution in [0.3, 0.4) is 0 Å². The van der Waals surface area contributed by atoms with Crippen molar-refractivity contribution >= 4 is 0 Å². The summed E-state index contributed by atoms with van der Waals surface area (Å²) < 4.78 is 10.9. The van der Waals surface area contributed by atoms with Crippen molar-refractivity contribution in [2.24, 2.45) is 17.6 Å². The van der Waals surface area contributed by atoms with Crippen molar-refractivity contribution in [2.75, 3.05) is 26.4 Å². The smallest absolute Gasteiger partial charge is 0.0620 e. The number of hydrogen-bond donors (Lipinski definition) is 1. The summed E-state index contributed by atoms with van der Waals surface area (Å²) in [6.07, 6.45) is 2.27. The second-order valence-corrected chi connectivity index (χ2v) is 4.50. The Labute approximate surface area is 86.9 Å². The highest BCUT2D eigenvalue weighted by atomic mass is 16.5. The van der Waals surface area contributed by atoms with Crippen LogP contribution < -0.4 is 5.73 Å². The van der Waals surface area contributed by atoms with Crippen molar-refractivity contribution in [3.8, 4) is 0 Å². The van der Waals surface area contributed by atoms with E-state index in [2.05, 4.69) is 13.8 Å². The van der Waals surface area contributed by atoms with Gasteiger partial charge in [0, 0.05) is 25.9 Å². The van der Waals surface area contributed by atoms with Crippen molar-refractivity contribution in [1.82, 2.24) is 0 Å². The first-order chi connectivity index (χ1) is 6.70. The van der Waals surface area contributed by atoms with E-state index in [9.17, 15) is 0 Å². The van der Waals surface area contributed by atoms with Crippen LogP contribution in [0.4, 0.5) is 0 Å². The molecule has 3 nitrogen and oxygen atoms in total. The van der Waals surface area contributed by atoms with Crippen LogP contribution in [0.15, 0.2) is 0 Å². The molecule has 1 aliphatic heterocycles. The Kier molecular flexibility index (Phi) is 5.45. The first-order valence-corrected chi connectivity index (χ1v) is 5.61. The number of rotatable bonds is 5. The molecule has 0 spiro atoms. The van der Waals surface area contributed by atoms with Crippen LogP contribution in [0.25, 0.3) is 0 Å². The first-order valence-electron chi connectivity index (χ1n) is 5.61. The molecule has 84 valence electrons. The van der Waals surface area contributed by atoms with Gasteiger partial charge in [-0.3, -0.25) is 0 Å². The van der Waals surface area contributed by atoms with Crippen LogP contribution in [0, 0.1) is 11.8 Å². The van der Waals surface area contributed by atoms with Crippen LogP contribution in [0.5, 0.6) is 0 Å². The lowest BCUT2D eigenvalue weighted by Gasteiger charge is -2.23. The molecule has 0 bridgehead atoms. The Morgan fingerprint density at radius 3 is 2.57 bits per heavy atom. The van der Waals surface area contributed by atoms with Gasteiger partial charge in [0.05, 0.1) is 6.61 Å². The molecule has 14 heavy (non-hydrogen) atoms. The SMILES string of the molecule is CC(C)C(N)COCC1CCOCC1. The minimum atomic E-state index is 0.176. The van der Waals surface area contributed by atoms with Gasteiger partial charge in [-0.1, -0.05) is 13.8 Å². The molecule has 0 aromatic carbocycles. The van der Waals surface area contributed by atoms with Gasteiger partial charge in [-0.2, -0.15) is 0 Å². The average molecular weight is 201 g/mol. The Morgan fingerprint density at radius 2 is 2.00 bits per heavy atom. The summed E-state index contributed by atoms with van der Waals surface area (Å²) in [4.78, 5) is 0. The summed E-state index contributed by atoms with van der Waals surface area (Å²) in [5, 5.41) is 0. The highest BCUT2D eigenvalue weighted by Gasteiger charge is 2.14. The van der Waals surface area contributed by atoms with Crippen LogP contribution in [0.2, 0.25) is 0 Å². The van der Waals surface area contributed by atoms with Crippen molar-refractivity contribution in [1.29, 1.82) is 0 Å². The Bertz CT molecular complexity index is 144. The molecule has 1 rings (SSSR count). The maximum absolute atomic E-state index is 5.88. The van der Waals surface area contributed by atoms with E-state index >= 15 is 0 Å². The van der Waals surface area contributed by atoms with Crippen molar-refractivity contribution < 1.29 is 9.47 Å². The topological polar surface area (TPSA) is 44.5 Å². The summed E-state index contributed by atoms with van der Waals surface area (Å²) in [7, 11) is 0. The number of nitrogens with two attached hydrogens (primary N) is 1. The van der Waals surface area contributed by atoms with Gasteiger partial charge in [-0.25, -0.2) is 0 Å². The molecule has 0 aliphatic carbocycles. The van der Waals surface area contributed by atoms with Gasteiger partial charge in [0.2, 0.25) is 0 Å². The summed E-state index contributed by atoms with van der Waals surface area (Å²) in [6.45, 7) is 7.58. The van der Waals surface area contributed by atoms with E-state index in [0.717, 1.165) is 32.7 Å². The van der Waals surface area contributed by atoms with E-state index in [1.165, 1.54) is 0 Å². The standard InChI is InChI=1S/C11H23NO2/c1-9(2)11(12)8-14-7-10-3-5-13-6-4-10/h9-11H,3-8,12H2,1-2H3. The zero-order valence-corrected chi connectivity index (χ0v) is 9.37. The molecule has 0 amide bonds. The third-order valence-corrected chi connectivity index (χ3v) is 2.86. The van der Waals surface area contributed by atoms with Crippen molar-refractivity contribution in [3.05, 3.63) is 0 Å². The monoisotopic (exact) mass is 201 g/mol. The maximum Gasteiger partial charge on any atom is 0.0620 e. The summed E-state index contributed by atoms with van der Waals surface area (Å²) >= 11 is 0. The quantitative estimate of drug-likeness (QED) is 0.731. The molecule has 1 unspecified atom stereocenters. The third-order valence-electron chi connectivity index (χ3n) is 2.86. The molecular formula is C11H23NO2. The van der Waals surface area contributed by atoms with E-state index < -0.39 is 0 Å². The van der Waals surface area contributed by atoms with E-state index in [-0.39, 0.29) is 6.04 Å². The van der Waals surface area contributed by atoms with Crippen molar-refractivity contribution in [3.63, 3.8) is 0 Å². The Morgan fingerprint density at radius 1 is 1.36 bits per heavy atom. The highest BCUT2D eigenvalue weighted by molar-refractivity contribution is 4.66. The molecule has 1 aliphatic rings. The zero-order valence-electron chi connectivity index (χ0n) is 9.37. The third kappa shape index (κ3) is 4.40. The second kappa shape index (κ2) is 6.38. The first kappa shape index (κ1) is 12.0. The fraction of sp³-hybridized carbons (Fsp3) is 1.00. The van der Waals surface area contributed by atoms with Gasteiger partial charge in [0.15, 0.2) is 0 Å². The Hall–Kier alpha value is -0.120. The normalized spacial score (nSPS) is 21.4. The summed E-state index contributed by atoms with van der Waals surface area (Å²) in [5.74, 6) is 1.19. The molecule has 1 heterocycles. The largest absolute Gasteiger partial charge is 0.381 e. The molecule has 1 fully saturated rings. The summed E-state index contributed by atoms with van der Waals surface area (Å²) in [6, 6.07) is 0.176. The fourth-order valence-corrected chi connectivity index (χ4v) is 1.48. The Balaban J connectivity index is 2.02. The molecule has 0 saturated carbocycles. The minimum absolute atomic E-state index is 0.176. The minimum Gasteiger partial charge on any atom is -0.381 e.